The lowest BCUT2D eigenvalue weighted by Gasteiger charge is -2.09. The van der Waals surface area contributed by atoms with Crippen molar-refractivity contribution in [1.82, 2.24) is 0 Å². The maximum absolute atomic E-state index is 12.0. The zero-order valence-corrected chi connectivity index (χ0v) is 17.5. The quantitative estimate of drug-likeness (QED) is 0.613. The van der Waals surface area contributed by atoms with Gasteiger partial charge in [-0.2, -0.15) is 0 Å². The van der Waals surface area contributed by atoms with Gasteiger partial charge in [0.2, 0.25) is 11.8 Å². The van der Waals surface area contributed by atoms with Crippen LogP contribution in [-0.4, -0.2) is 23.3 Å². The number of hydrogen-bond donors (Lipinski definition) is 2. The van der Waals surface area contributed by atoms with E-state index in [0.717, 1.165) is 26.1 Å². The Labute approximate surface area is 166 Å². The number of carbonyl (C=O) groups excluding carboxylic acids is 2. The molecule has 2 N–H and O–H groups in total. The molecule has 0 saturated heterocycles. The van der Waals surface area contributed by atoms with Crippen LogP contribution in [0.3, 0.4) is 0 Å². The van der Waals surface area contributed by atoms with Gasteiger partial charge in [-0.3, -0.25) is 9.59 Å². The fourth-order valence-electron chi connectivity index (χ4n) is 2.21. The van der Waals surface area contributed by atoms with Crippen LogP contribution >= 0.6 is 34.4 Å². The van der Waals surface area contributed by atoms with Crippen molar-refractivity contribution in [2.45, 2.75) is 20.8 Å². The first-order valence-electron chi connectivity index (χ1n) is 7.86. The molecule has 0 spiro atoms. The van der Waals surface area contributed by atoms with E-state index in [0.29, 0.717) is 0 Å². The van der Waals surface area contributed by atoms with Crippen LogP contribution in [0, 0.1) is 24.3 Å². The summed E-state index contributed by atoms with van der Waals surface area (Å²) in [5.74, 6) is 0.275. The lowest BCUT2D eigenvalue weighted by molar-refractivity contribution is -0.114. The van der Waals surface area contributed by atoms with Crippen molar-refractivity contribution in [3.05, 3.63) is 56.7 Å². The Balaban J connectivity index is 1.76. The molecule has 2 rings (SSSR count). The number of carbonyl (C=O) groups is 2. The molecular formula is C19H21IN2O2S. The average Bonchev–Trinajstić information content (AvgIpc) is 2.54. The van der Waals surface area contributed by atoms with E-state index in [1.54, 1.807) is 0 Å². The minimum atomic E-state index is -0.105. The van der Waals surface area contributed by atoms with Crippen LogP contribution in [0.25, 0.3) is 0 Å². The Hall–Kier alpha value is -1.54. The van der Waals surface area contributed by atoms with E-state index >= 15 is 0 Å². The van der Waals surface area contributed by atoms with Gasteiger partial charge in [0.1, 0.15) is 0 Å². The Bertz CT molecular complexity index is 793. The zero-order chi connectivity index (χ0) is 18.4. The minimum Gasteiger partial charge on any atom is -0.325 e. The number of thioether (sulfide) groups is 1. The molecule has 0 saturated carbocycles. The third-order valence-corrected chi connectivity index (χ3v) is 5.32. The average molecular weight is 468 g/mol. The predicted molar refractivity (Wildman–Crippen MR) is 114 cm³/mol. The van der Waals surface area contributed by atoms with Crippen molar-refractivity contribution in [2.75, 3.05) is 22.1 Å². The standard InChI is InChI=1S/C19H21IN2O2S/c1-12-4-6-16(9-13(12)2)21-18(23)10-25-11-19(24)22-17-7-5-15(20)8-14(17)3/h4-9H,10-11H2,1-3H3,(H,21,23)(H,22,24). The second kappa shape index (κ2) is 9.24. The van der Waals surface area contributed by atoms with Gasteiger partial charge >= 0.3 is 0 Å². The highest BCUT2D eigenvalue weighted by Gasteiger charge is 2.08. The van der Waals surface area contributed by atoms with Crippen LogP contribution in [0.2, 0.25) is 0 Å². The molecular weight excluding hydrogens is 447 g/mol. The largest absolute Gasteiger partial charge is 0.325 e. The molecule has 0 heterocycles. The molecule has 0 aliphatic heterocycles. The molecule has 0 fully saturated rings. The maximum atomic E-state index is 12.0. The highest BCUT2D eigenvalue weighted by molar-refractivity contribution is 14.1. The molecule has 0 aromatic heterocycles. The molecule has 0 radical (unpaired) electrons. The van der Waals surface area contributed by atoms with Gasteiger partial charge in [-0.05, 0) is 90.4 Å². The number of rotatable bonds is 6. The second-order valence-corrected chi connectivity index (χ2v) is 8.08. The maximum Gasteiger partial charge on any atom is 0.234 e. The lowest BCUT2D eigenvalue weighted by atomic mass is 10.1. The van der Waals surface area contributed by atoms with Gasteiger partial charge in [-0.1, -0.05) is 6.07 Å². The van der Waals surface area contributed by atoms with Gasteiger partial charge in [-0.25, -0.2) is 0 Å². The molecule has 132 valence electrons. The number of benzene rings is 2. The number of anilines is 2. The molecule has 0 aliphatic rings. The molecule has 25 heavy (non-hydrogen) atoms. The molecule has 2 aromatic carbocycles. The van der Waals surface area contributed by atoms with E-state index in [4.69, 9.17) is 0 Å². The van der Waals surface area contributed by atoms with E-state index in [1.807, 2.05) is 57.2 Å². The summed E-state index contributed by atoms with van der Waals surface area (Å²) in [5, 5.41) is 5.74. The summed E-state index contributed by atoms with van der Waals surface area (Å²) in [4.78, 5) is 24.0. The van der Waals surface area contributed by atoms with Crippen molar-refractivity contribution in [3.63, 3.8) is 0 Å². The van der Waals surface area contributed by atoms with Crippen LogP contribution in [0.4, 0.5) is 11.4 Å². The Morgan fingerprint density at radius 1 is 0.880 bits per heavy atom. The molecule has 0 atom stereocenters. The number of hydrogen-bond acceptors (Lipinski definition) is 3. The lowest BCUT2D eigenvalue weighted by Crippen LogP contribution is -2.18. The fraction of sp³-hybridized carbons (Fsp3) is 0.263. The Kier molecular flexibility index (Phi) is 7.31. The summed E-state index contributed by atoms with van der Waals surface area (Å²) in [7, 11) is 0. The molecule has 0 unspecified atom stereocenters. The first-order chi connectivity index (χ1) is 11.8. The van der Waals surface area contributed by atoms with E-state index in [1.165, 1.54) is 17.3 Å². The first-order valence-corrected chi connectivity index (χ1v) is 10.1. The molecule has 2 aromatic rings. The Morgan fingerprint density at radius 3 is 2.20 bits per heavy atom. The van der Waals surface area contributed by atoms with Gasteiger partial charge in [0.05, 0.1) is 11.5 Å². The number of nitrogens with one attached hydrogen (secondary N) is 2. The van der Waals surface area contributed by atoms with Crippen LogP contribution < -0.4 is 10.6 Å². The number of aryl methyl sites for hydroxylation is 3. The molecule has 2 amide bonds. The third kappa shape index (κ3) is 6.36. The van der Waals surface area contributed by atoms with Crippen LogP contribution in [0.5, 0.6) is 0 Å². The van der Waals surface area contributed by atoms with E-state index < -0.39 is 0 Å². The third-order valence-electron chi connectivity index (χ3n) is 3.72. The van der Waals surface area contributed by atoms with E-state index in [-0.39, 0.29) is 23.3 Å². The monoisotopic (exact) mass is 468 g/mol. The molecule has 0 aliphatic carbocycles. The summed E-state index contributed by atoms with van der Waals surface area (Å²) >= 11 is 3.54. The highest BCUT2D eigenvalue weighted by Crippen LogP contribution is 2.18. The zero-order valence-electron chi connectivity index (χ0n) is 14.5. The van der Waals surface area contributed by atoms with Crippen molar-refractivity contribution in [1.29, 1.82) is 0 Å². The highest BCUT2D eigenvalue weighted by atomic mass is 127. The fourth-order valence-corrected chi connectivity index (χ4v) is 3.47. The first kappa shape index (κ1) is 19.8. The van der Waals surface area contributed by atoms with Gasteiger partial charge in [0.25, 0.3) is 0 Å². The summed E-state index contributed by atoms with van der Waals surface area (Å²) in [6.07, 6.45) is 0. The van der Waals surface area contributed by atoms with Crippen molar-refractivity contribution in [2.24, 2.45) is 0 Å². The van der Waals surface area contributed by atoms with Crippen LogP contribution in [0.1, 0.15) is 16.7 Å². The van der Waals surface area contributed by atoms with Gasteiger partial charge in [0.15, 0.2) is 0 Å². The van der Waals surface area contributed by atoms with E-state index in [9.17, 15) is 9.59 Å². The van der Waals surface area contributed by atoms with E-state index in [2.05, 4.69) is 33.2 Å². The summed E-state index contributed by atoms with van der Waals surface area (Å²) in [6, 6.07) is 11.7. The number of amides is 2. The topological polar surface area (TPSA) is 58.2 Å². The normalized spacial score (nSPS) is 10.4. The molecule has 6 heteroatoms. The van der Waals surface area contributed by atoms with Crippen molar-refractivity contribution in [3.8, 4) is 0 Å². The van der Waals surface area contributed by atoms with Crippen molar-refractivity contribution >= 4 is 57.5 Å². The number of halogens is 1. The summed E-state index contributed by atoms with van der Waals surface area (Å²) in [5.41, 5.74) is 4.95. The minimum absolute atomic E-state index is 0.103. The van der Waals surface area contributed by atoms with Gasteiger partial charge in [-0.15, -0.1) is 11.8 Å². The SMILES string of the molecule is Cc1ccc(NC(=O)CSCC(=O)Nc2ccc(I)cc2C)cc1C. The van der Waals surface area contributed by atoms with Crippen LogP contribution in [-0.2, 0) is 9.59 Å². The predicted octanol–water partition coefficient (Wildman–Crippen LogP) is 4.53. The van der Waals surface area contributed by atoms with Gasteiger partial charge in [0, 0.05) is 14.9 Å². The van der Waals surface area contributed by atoms with Crippen molar-refractivity contribution < 1.29 is 9.59 Å². The smallest absolute Gasteiger partial charge is 0.234 e. The summed E-state index contributed by atoms with van der Waals surface area (Å²) in [6.45, 7) is 6.00. The summed E-state index contributed by atoms with van der Waals surface area (Å²) < 4.78 is 1.13. The van der Waals surface area contributed by atoms with Crippen LogP contribution in [0.15, 0.2) is 36.4 Å². The molecule has 4 nitrogen and oxygen atoms in total. The van der Waals surface area contributed by atoms with Gasteiger partial charge < -0.3 is 10.6 Å². The molecule has 0 bridgehead atoms. The second-order valence-electron chi connectivity index (χ2n) is 5.85. The Morgan fingerprint density at radius 2 is 1.56 bits per heavy atom.